The van der Waals surface area contributed by atoms with Crippen LogP contribution >= 0.6 is 11.6 Å². The lowest BCUT2D eigenvalue weighted by Gasteiger charge is -2.28. The summed E-state index contributed by atoms with van der Waals surface area (Å²) in [5.74, 6) is -1.32. The van der Waals surface area contributed by atoms with Gasteiger partial charge in [0.25, 0.3) is 6.43 Å². The van der Waals surface area contributed by atoms with Crippen molar-refractivity contribution in [3.63, 3.8) is 0 Å². The predicted octanol–water partition coefficient (Wildman–Crippen LogP) is 9.69. The Kier molecular flexibility index (Phi) is 15.4. The molecule has 2 aliphatic rings. The largest absolute Gasteiger partial charge is 0.496 e. The Labute approximate surface area is 402 Å². The summed E-state index contributed by atoms with van der Waals surface area (Å²) >= 11 is 6.23. The second-order valence-electron chi connectivity index (χ2n) is 18.0. The van der Waals surface area contributed by atoms with E-state index in [9.17, 15) is 38.8 Å². The van der Waals surface area contributed by atoms with Gasteiger partial charge in [-0.2, -0.15) is 10.2 Å². The average molecular weight is 975 g/mol. The van der Waals surface area contributed by atoms with Gasteiger partial charge < -0.3 is 44.1 Å². The van der Waals surface area contributed by atoms with Gasteiger partial charge in [-0.25, -0.2) is 18.4 Å². The molecule has 4 N–H and O–H groups in total. The van der Waals surface area contributed by atoms with Gasteiger partial charge in [0, 0.05) is 33.8 Å². The molecule has 18 heteroatoms. The van der Waals surface area contributed by atoms with E-state index in [1.54, 1.807) is 48.5 Å². The number of aliphatic hydroxyl groups excluding tert-OH is 2. The van der Waals surface area contributed by atoms with E-state index in [0.717, 1.165) is 36.8 Å². The first-order valence-corrected chi connectivity index (χ1v) is 23.6. The summed E-state index contributed by atoms with van der Waals surface area (Å²) in [6.07, 6.45) is 2.30. The second-order valence-corrected chi connectivity index (χ2v) is 18.5. The molecule has 0 saturated heterocycles. The number of carboxylic acids is 2. The highest BCUT2D eigenvalue weighted by atomic mass is 35.5. The first-order valence-electron chi connectivity index (χ1n) is 23.2. The predicted molar refractivity (Wildman–Crippen MR) is 252 cm³/mol. The van der Waals surface area contributed by atoms with Gasteiger partial charge in [-0.1, -0.05) is 37.4 Å². The Hall–Kier alpha value is -5.85. The van der Waals surface area contributed by atoms with Gasteiger partial charge in [0.15, 0.2) is 0 Å². The standard InChI is InChI=1S/C51H57ClF2N4O11/c1-5-28-14-32-22-57(55-45(32)38(16-28)50(61)62)25-44(68-35-8-6-7-9-35)48(60)31-19-40(65-3)27(2)41(20-31)67-26-29-10-12-36(15-29)69-43(47(59)30-11-13-37(49(53)54)42(18-30)66-4)24-58-23-33-17-34(52)21-39(51(63)64)46(33)56-58/h11,13-14,16-23,29,35-36,43-44,47-49,59-60H,5-10,12,15,24-26H2,1-4H3,(H,61,62)(H,63,64). The van der Waals surface area contributed by atoms with E-state index in [-0.39, 0.29) is 69.8 Å². The molecular weight excluding hydrogens is 918 g/mol. The number of aliphatic hydroxyl groups is 2. The van der Waals surface area contributed by atoms with Gasteiger partial charge in [0.05, 0.1) is 62.8 Å². The number of nitrogens with zero attached hydrogens (tertiary/aromatic N) is 4. The quantitative estimate of drug-likeness (QED) is 0.0533. The van der Waals surface area contributed by atoms with Crippen molar-refractivity contribution < 1.29 is 62.5 Å². The molecule has 6 atom stereocenters. The van der Waals surface area contributed by atoms with Crippen molar-refractivity contribution in [3.05, 3.63) is 111 Å². The maximum Gasteiger partial charge on any atom is 0.338 e. The van der Waals surface area contributed by atoms with Crippen LogP contribution in [0, 0.1) is 12.8 Å². The summed E-state index contributed by atoms with van der Waals surface area (Å²) in [5, 5.41) is 54.4. The van der Waals surface area contributed by atoms with Crippen LogP contribution < -0.4 is 14.2 Å². The van der Waals surface area contributed by atoms with Crippen molar-refractivity contribution in [2.24, 2.45) is 5.92 Å². The number of aromatic carboxylic acids is 2. The lowest BCUT2D eigenvalue weighted by atomic mass is 10.0. The molecule has 0 amide bonds. The SMILES string of the molecule is CCc1cc(C(=O)O)c2nn(CC(OC3CCCC3)C(O)c3cc(OC)c(C)c(OCC4CCC(OC(Cn5cc6cc(Cl)cc(C(=O)O)c6n5)C(O)c5ccc(C(F)F)c(OC)c5)C4)c3)cc2c1. The number of hydrogen-bond donors (Lipinski definition) is 4. The van der Waals surface area contributed by atoms with Crippen molar-refractivity contribution >= 4 is 45.3 Å². The molecule has 0 bridgehead atoms. The number of ether oxygens (including phenoxy) is 5. The highest BCUT2D eigenvalue weighted by molar-refractivity contribution is 6.32. The van der Waals surface area contributed by atoms with Gasteiger partial charge in [-0.15, -0.1) is 0 Å². The molecule has 6 aromatic rings. The number of aromatic nitrogens is 4. The fourth-order valence-electron chi connectivity index (χ4n) is 9.68. The third-order valence-corrected chi connectivity index (χ3v) is 13.6. The van der Waals surface area contributed by atoms with Gasteiger partial charge in [0.2, 0.25) is 0 Å². The molecule has 2 aliphatic carbocycles. The van der Waals surface area contributed by atoms with Crippen molar-refractivity contribution in [2.75, 3.05) is 20.8 Å². The van der Waals surface area contributed by atoms with Crippen LogP contribution in [0.3, 0.4) is 0 Å². The van der Waals surface area contributed by atoms with Crippen LogP contribution in [-0.2, 0) is 29.0 Å². The third kappa shape index (κ3) is 11.1. The molecule has 0 radical (unpaired) electrons. The van der Waals surface area contributed by atoms with E-state index in [1.165, 1.54) is 36.1 Å². The van der Waals surface area contributed by atoms with Crippen molar-refractivity contribution in [1.29, 1.82) is 0 Å². The van der Waals surface area contributed by atoms with E-state index >= 15 is 0 Å². The minimum atomic E-state index is -2.80. The fourth-order valence-corrected chi connectivity index (χ4v) is 9.91. The maximum absolute atomic E-state index is 13.8. The molecule has 2 saturated carbocycles. The van der Waals surface area contributed by atoms with Crippen LogP contribution in [-0.4, -0.2) is 97.2 Å². The molecule has 6 unspecified atom stereocenters. The molecule has 8 rings (SSSR count). The van der Waals surface area contributed by atoms with Crippen LogP contribution in [0.5, 0.6) is 17.2 Å². The number of alkyl halides is 2. The molecule has 0 spiro atoms. The number of carbonyl (C=O) groups is 2. The van der Waals surface area contributed by atoms with Crippen LogP contribution in [0.4, 0.5) is 8.78 Å². The average Bonchev–Trinajstić information content (AvgIpc) is 4.17. The molecule has 4 aromatic carbocycles. The van der Waals surface area contributed by atoms with Gasteiger partial charge in [-0.3, -0.25) is 9.36 Å². The summed E-state index contributed by atoms with van der Waals surface area (Å²) < 4.78 is 61.5. The highest BCUT2D eigenvalue weighted by Gasteiger charge is 2.34. The van der Waals surface area contributed by atoms with E-state index in [4.69, 9.17) is 35.3 Å². The minimum absolute atomic E-state index is 0.0149. The number of hydrogen-bond acceptors (Lipinski definition) is 11. The van der Waals surface area contributed by atoms with Crippen LogP contribution in [0.25, 0.3) is 21.8 Å². The second kappa shape index (κ2) is 21.4. The zero-order valence-electron chi connectivity index (χ0n) is 38.8. The number of benzene rings is 4. The fraction of sp³-hybridized carbons (Fsp3) is 0.451. The van der Waals surface area contributed by atoms with Crippen LogP contribution in [0.15, 0.2) is 67.0 Å². The van der Waals surface area contributed by atoms with Gasteiger partial charge in [0.1, 0.15) is 52.7 Å². The van der Waals surface area contributed by atoms with E-state index < -0.39 is 42.8 Å². The zero-order chi connectivity index (χ0) is 49.1. The van der Waals surface area contributed by atoms with Gasteiger partial charge >= 0.3 is 11.9 Å². The normalized spacial score (nSPS) is 18.2. The minimum Gasteiger partial charge on any atom is -0.496 e. The van der Waals surface area contributed by atoms with Crippen molar-refractivity contribution in [2.45, 2.75) is 121 Å². The Balaban J connectivity index is 0.999. The molecule has 0 aliphatic heterocycles. The summed E-state index contributed by atoms with van der Waals surface area (Å²) in [4.78, 5) is 24.2. The van der Waals surface area contributed by atoms with E-state index in [0.29, 0.717) is 65.6 Å². The van der Waals surface area contributed by atoms with Gasteiger partial charge in [-0.05, 0) is 117 Å². The van der Waals surface area contributed by atoms with E-state index in [1.807, 2.05) is 19.9 Å². The first kappa shape index (κ1) is 49.6. The van der Waals surface area contributed by atoms with Crippen LogP contribution in [0.1, 0.15) is 119 Å². The molecule has 69 heavy (non-hydrogen) atoms. The van der Waals surface area contributed by atoms with E-state index in [2.05, 4.69) is 10.2 Å². The summed E-state index contributed by atoms with van der Waals surface area (Å²) in [5.41, 5.74) is 2.68. The molecule has 368 valence electrons. The number of rotatable bonds is 21. The molecule has 2 aromatic heterocycles. The lowest BCUT2D eigenvalue weighted by Crippen LogP contribution is -2.31. The number of fused-ring (bicyclic) bond motifs is 2. The topological polar surface area (TPSA) is 197 Å². The Morgan fingerprint density at radius 1 is 0.754 bits per heavy atom. The number of carboxylic acid groups (broad SMARTS) is 2. The van der Waals surface area contributed by atoms with Crippen molar-refractivity contribution in [3.8, 4) is 17.2 Å². The number of aryl methyl sites for hydroxylation is 1. The monoisotopic (exact) mass is 974 g/mol. The number of methoxy groups -OCH3 is 2. The van der Waals surface area contributed by atoms with Crippen LogP contribution in [0.2, 0.25) is 5.02 Å². The van der Waals surface area contributed by atoms with Crippen molar-refractivity contribution in [1.82, 2.24) is 19.6 Å². The summed E-state index contributed by atoms with van der Waals surface area (Å²) in [6.45, 7) is 4.26. The molecule has 15 nitrogen and oxygen atoms in total. The third-order valence-electron chi connectivity index (χ3n) is 13.4. The Morgan fingerprint density at radius 2 is 1.33 bits per heavy atom. The summed E-state index contributed by atoms with van der Waals surface area (Å²) in [7, 11) is 2.82. The smallest absolute Gasteiger partial charge is 0.338 e. The zero-order valence-corrected chi connectivity index (χ0v) is 39.6. The lowest BCUT2D eigenvalue weighted by molar-refractivity contribution is -0.0859. The Bertz CT molecular complexity index is 2810. The first-order chi connectivity index (χ1) is 33.1. The highest BCUT2D eigenvalue weighted by Crippen LogP contribution is 2.39. The molecule has 2 fully saturated rings. The maximum atomic E-state index is 13.8. The summed E-state index contributed by atoms with van der Waals surface area (Å²) in [6, 6.07) is 14.0. The Morgan fingerprint density at radius 3 is 1.94 bits per heavy atom. The number of halogens is 3. The molecule has 2 heterocycles. The molecular formula is C51H57ClF2N4O11.